The van der Waals surface area contributed by atoms with Crippen molar-refractivity contribution in [2.75, 3.05) is 0 Å². The summed E-state index contributed by atoms with van der Waals surface area (Å²) in [4.78, 5) is 12.3. The maximum absolute atomic E-state index is 13.2. The monoisotopic (exact) mass is 467 g/mol. The van der Waals surface area contributed by atoms with Crippen LogP contribution in [0.5, 0.6) is 0 Å². The molecule has 0 spiro atoms. The molecule has 2 aromatic carbocycles. The first-order valence-corrected chi connectivity index (χ1v) is 13.0. The van der Waals surface area contributed by atoms with Gasteiger partial charge in [-0.05, 0) is 53.2 Å². The molecule has 32 heavy (non-hydrogen) atoms. The second kappa shape index (κ2) is 6.52. The molecule has 0 radical (unpaired) electrons. The molecule has 0 fully saturated rings. The number of hydrogen-bond donors (Lipinski definition) is 0. The van der Waals surface area contributed by atoms with Crippen LogP contribution in [0.15, 0.2) is 85.4 Å². The number of carbonyl (C=O) groups is 1. The van der Waals surface area contributed by atoms with E-state index in [1.54, 1.807) is 24.3 Å². The van der Waals surface area contributed by atoms with Crippen molar-refractivity contribution in [2.24, 2.45) is 5.41 Å². The van der Waals surface area contributed by atoms with E-state index in [-0.39, 0.29) is 54.7 Å². The molecule has 8 heteroatoms. The van der Waals surface area contributed by atoms with Crippen molar-refractivity contribution in [1.29, 1.82) is 0 Å². The molecule has 5 rings (SSSR count). The fourth-order valence-corrected chi connectivity index (χ4v) is 8.34. The lowest BCUT2D eigenvalue weighted by molar-refractivity contribution is -0.244. The zero-order chi connectivity index (χ0) is 23.1. The first-order valence-electron chi connectivity index (χ1n) is 10.0. The molecule has 0 atom stereocenters. The third-order valence-corrected chi connectivity index (χ3v) is 9.90. The van der Waals surface area contributed by atoms with Gasteiger partial charge >= 0.3 is 0 Å². The smallest absolute Gasteiger partial charge is 0.211 e. The summed E-state index contributed by atoms with van der Waals surface area (Å²) in [7, 11) is -8.09. The third kappa shape index (κ3) is 2.79. The number of hydrogen-bond acceptors (Lipinski definition) is 6. The number of Topliss-reactive ketones (excluding diaryl/α,β-unsaturated/α-hetero) is 1. The van der Waals surface area contributed by atoms with Gasteiger partial charge in [0.2, 0.25) is 25.5 Å². The third-order valence-electron chi connectivity index (χ3n) is 6.06. The quantitative estimate of drug-likeness (QED) is 0.596. The first-order chi connectivity index (χ1) is 14.9. The predicted octanol–water partition coefficient (Wildman–Crippen LogP) is 3.17. The number of benzene rings is 2. The fourth-order valence-electron chi connectivity index (χ4n) is 4.82. The summed E-state index contributed by atoms with van der Waals surface area (Å²) in [6.45, 7) is 3.72. The molecular weight excluding hydrogens is 448 g/mol. The van der Waals surface area contributed by atoms with Gasteiger partial charge < -0.3 is 5.11 Å². The number of sulfone groups is 2. The van der Waals surface area contributed by atoms with Crippen molar-refractivity contribution in [3.8, 4) is 0 Å². The van der Waals surface area contributed by atoms with E-state index in [1.165, 1.54) is 30.3 Å². The lowest BCUT2D eigenvalue weighted by atomic mass is 9.74. The van der Waals surface area contributed by atoms with E-state index in [0.717, 1.165) is 0 Å². The highest BCUT2D eigenvalue weighted by Gasteiger charge is 2.44. The standard InChI is InChI=1S/C24H20O6S2/c1-24(2)12-14(22-20(25)16-7-3-5-9-18(16)31(22,27)28)11-15(13-24)23-21(26)17-8-4-6-10-19(17)32(23,29)30/h3-11,25H,12-13H2,1-2H3/p-1/b23-15+. The van der Waals surface area contributed by atoms with E-state index in [2.05, 4.69) is 0 Å². The van der Waals surface area contributed by atoms with Gasteiger partial charge in [-0.15, -0.1) is 0 Å². The zero-order valence-electron chi connectivity index (χ0n) is 17.4. The summed E-state index contributed by atoms with van der Waals surface area (Å²) in [6, 6.07) is 12.0. The van der Waals surface area contributed by atoms with Crippen LogP contribution in [0, 0.1) is 5.41 Å². The van der Waals surface area contributed by atoms with Crippen LogP contribution in [0.3, 0.4) is 0 Å². The average Bonchev–Trinajstić information content (AvgIpc) is 3.05. The SMILES string of the molecule is CC1(C)CC(C2=C([O-])c3ccccc3S2(=O)=O)=C/C(=C2/C(=O)c3ccccc3S2(=O)=O)C1. The molecule has 0 bridgehead atoms. The molecule has 2 heterocycles. The van der Waals surface area contributed by atoms with Gasteiger partial charge in [0.25, 0.3) is 0 Å². The molecule has 0 aromatic heterocycles. The number of ketones is 1. The highest BCUT2D eigenvalue weighted by atomic mass is 32.2. The molecule has 0 N–H and O–H groups in total. The molecule has 1 aliphatic carbocycles. The van der Waals surface area contributed by atoms with Crippen LogP contribution in [0.25, 0.3) is 5.76 Å². The number of carbonyl (C=O) groups excluding carboxylic acids is 1. The minimum absolute atomic E-state index is 0.0459. The van der Waals surface area contributed by atoms with Gasteiger partial charge in [-0.3, -0.25) is 4.79 Å². The van der Waals surface area contributed by atoms with Crippen LogP contribution >= 0.6 is 0 Å². The van der Waals surface area contributed by atoms with E-state index in [1.807, 2.05) is 13.8 Å². The second-order valence-corrected chi connectivity index (χ2v) is 12.7. The number of rotatable bonds is 1. The van der Waals surface area contributed by atoms with E-state index >= 15 is 0 Å². The van der Waals surface area contributed by atoms with Gasteiger partial charge in [-0.25, -0.2) is 16.8 Å². The Morgan fingerprint density at radius 2 is 1.31 bits per heavy atom. The Labute approximate surface area is 186 Å². The summed E-state index contributed by atoms with van der Waals surface area (Å²) in [5, 5.41) is 13.1. The minimum atomic E-state index is -4.05. The molecule has 2 aromatic rings. The summed E-state index contributed by atoms with van der Waals surface area (Å²) in [5.74, 6) is -1.20. The minimum Gasteiger partial charge on any atom is -0.871 e. The average molecular weight is 468 g/mol. The van der Waals surface area contributed by atoms with Crippen LogP contribution in [0.2, 0.25) is 0 Å². The Kier molecular flexibility index (Phi) is 4.26. The maximum Gasteiger partial charge on any atom is 0.211 e. The molecule has 0 unspecified atom stereocenters. The van der Waals surface area contributed by atoms with Crippen molar-refractivity contribution in [3.63, 3.8) is 0 Å². The van der Waals surface area contributed by atoms with Gasteiger partial charge in [0.1, 0.15) is 4.91 Å². The van der Waals surface area contributed by atoms with Crippen molar-refractivity contribution in [2.45, 2.75) is 36.5 Å². The molecule has 6 nitrogen and oxygen atoms in total. The molecule has 0 saturated heterocycles. The molecular formula is C24H19O6S2-. The fraction of sp³-hybridized carbons (Fsp3) is 0.208. The maximum atomic E-state index is 13.2. The van der Waals surface area contributed by atoms with E-state index in [0.29, 0.717) is 0 Å². The highest BCUT2D eigenvalue weighted by molar-refractivity contribution is 7.97. The van der Waals surface area contributed by atoms with Crippen LogP contribution in [-0.2, 0) is 19.7 Å². The van der Waals surface area contributed by atoms with E-state index in [4.69, 9.17) is 0 Å². The van der Waals surface area contributed by atoms with Crippen molar-refractivity contribution in [3.05, 3.63) is 86.7 Å². The molecule has 3 aliphatic rings. The highest BCUT2D eigenvalue weighted by Crippen LogP contribution is 2.49. The Bertz CT molecular complexity index is 1530. The van der Waals surface area contributed by atoms with Gasteiger partial charge in [-0.1, -0.05) is 56.0 Å². The zero-order valence-corrected chi connectivity index (χ0v) is 19.0. The van der Waals surface area contributed by atoms with Crippen molar-refractivity contribution in [1.82, 2.24) is 0 Å². The number of allylic oxidation sites excluding steroid dienone is 4. The van der Waals surface area contributed by atoms with Gasteiger partial charge in [0.05, 0.1) is 14.7 Å². The summed E-state index contributed by atoms with van der Waals surface area (Å²) in [6.07, 6.45) is 1.96. The second-order valence-electron chi connectivity index (χ2n) is 9.03. The van der Waals surface area contributed by atoms with Crippen LogP contribution in [0.1, 0.15) is 42.6 Å². The van der Waals surface area contributed by atoms with E-state index < -0.39 is 36.6 Å². The van der Waals surface area contributed by atoms with Crippen LogP contribution < -0.4 is 5.11 Å². The first kappa shape index (κ1) is 20.9. The molecule has 164 valence electrons. The Hall–Kier alpha value is -2.97. The molecule has 2 aliphatic heterocycles. The molecule has 0 amide bonds. The van der Waals surface area contributed by atoms with Crippen LogP contribution in [0.4, 0.5) is 0 Å². The molecule has 0 saturated carbocycles. The summed E-state index contributed by atoms with van der Waals surface area (Å²) >= 11 is 0. The van der Waals surface area contributed by atoms with Gasteiger partial charge in [-0.2, -0.15) is 0 Å². The lowest BCUT2D eigenvalue weighted by Gasteiger charge is -2.33. The Morgan fingerprint density at radius 1 is 0.781 bits per heavy atom. The normalized spacial score (nSPS) is 24.8. The Morgan fingerprint density at radius 3 is 1.91 bits per heavy atom. The summed E-state index contributed by atoms with van der Waals surface area (Å²) in [5.41, 5.74) is 0.137. The topological polar surface area (TPSA) is 108 Å². The Balaban J connectivity index is 1.77. The van der Waals surface area contributed by atoms with Gasteiger partial charge in [0, 0.05) is 5.56 Å². The van der Waals surface area contributed by atoms with Crippen molar-refractivity contribution >= 4 is 31.2 Å². The van der Waals surface area contributed by atoms with Gasteiger partial charge in [0.15, 0.2) is 0 Å². The predicted molar refractivity (Wildman–Crippen MR) is 117 cm³/mol. The number of fused-ring (bicyclic) bond motifs is 2. The van der Waals surface area contributed by atoms with Crippen molar-refractivity contribution < 1.29 is 26.7 Å². The summed E-state index contributed by atoms with van der Waals surface area (Å²) < 4.78 is 52.8. The van der Waals surface area contributed by atoms with Crippen LogP contribution in [-0.4, -0.2) is 22.6 Å². The lowest BCUT2D eigenvalue weighted by Crippen LogP contribution is -2.22. The largest absolute Gasteiger partial charge is 0.871 e. The van der Waals surface area contributed by atoms with E-state index in [9.17, 15) is 26.7 Å².